The first-order chi connectivity index (χ1) is 12.5. The number of hydrogen-bond acceptors (Lipinski definition) is 4. The highest BCUT2D eigenvalue weighted by atomic mass is 79.9. The molecule has 1 fully saturated rings. The molecular formula is C21H30BrNO4. The van der Waals surface area contributed by atoms with Crippen LogP contribution in [0.15, 0.2) is 22.7 Å². The maximum atomic E-state index is 12.2. The van der Waals surface area contributed by atoms with Crippen molar-refractivity contribution >= 4 is 28.0 Å². The summed E-state index contributed by atoms with van der Waals surface area (Å²) in [6.45, 7) is 11.5. The second kappa shape index (κ2) is 8.63. The van der Waals surface area contributed by atoms with Gasteiger partial charge in [0.25, 0.3) is 0 Å². The molecule has 1 aliphatic heterocycles. The van der Waals surface area contributed by atoms with Crippen LogP contribution in [0.3, 0.4) is 0 Å². The lowest BCUT2D eigenvalue weighted by molar-refractivity contribution is 0.0119. The first kappa shape index (κ1) is 21.7. The van der Waals surface area contributed by atoms with E-state index in [1.807, 2.05) is 39.0 Å². The van der Waals surface area contributed by atoms with E-state index in [2.05, 4.69) is 22.9 Å². The van der Waals surface area contributed by atoms with Crippen LogP contribution < -0.4 is 0 Å². The van der Waals surface area contributed by atoms with E-state index in [1.165, 1.54) is 0 Å². The molecule has 0 atom stereocenters. The average Bonchev–Trinajstić information content (AvgIpc) is 2.56. The Bertz CT molecular complexity index is 688. The van der Waals surface area contributed by atoms with Crippen LogP contribution in [0.25, 0.3) is 0 Å². The number of carbonyl (C=O) groups excluding carboxylic acids is 2. The van der Waals surface area contributed by atoms with Crippen molar-refractivity contribution in [2.45, 2.75) is 59.5 Å². The smallest absolute Gasteiger partial charge is 0.410 e. The Morgan fingerprint density at radius 2 is 1.85 bits per heavy atom. The van der Waals surface area contributed by atoms with Crippen LogP contribution in [0.5, 0.6) is 0 Å². The largest absolute Gasteiger partial charge is 0.462 e. The number of carbonyl (C=O) groups is 2. The van der Waals surface area contributed by atoms with Gasteiger partial charge in [-0.25, -0.2) is 9.59 Å². The SMILES string of the molecule is CCOC(=O)c1ccc(CC2(C)CCN(C(=O)OC(C)(C)C)CC2)c(Br)c1. The summed E-state index contributed by atoms with van der Waals surface area (Å²) < 4.78 is 11.4. The fourth-order valence-electron chi connectivity index (χ4n) is 3.22. The summed E-state index contributed by atoms with van der Waals surface area (Å²) in [6.07, 6.45) is 2.49. The number of hydrogen-bond donors (Lipinski definition) is 0. The number of piperidine rings is 1. The van der Waals surface area contributed by atoms with E-state index in [9.17, 15) is 9.59 Å². The number of likely N-dealkylation sites (tertiary alicyclic amines) is 1. The highest BCUT2D eigenvalue weighted by molar-refractivity contribution is 9.10. The maximum absolute atomic E-state index is 12.2. The van der Waals surface area contributed by atoms with Gasteiger partial charge in [0.15, 0.2) is 0 Å². The predicted octanol–water partition coefficient (Wildman–Crippen LogP) is 5.21. The van der Waals surface area contributed by atoms with Crippen LogP contribution in [0, 0.1) is 5.41 Å². The van der Waals surface area contributed by atoms with E-state index in [1.54, 1.807) is 11.8 Å². The molecule has 0 aromatic heterocycles. The van der Waals surface area contributed by atoms with Crippen molar-refractivity contribution in [2.24, 2.45) is 5.41 Å². The Morgan fingerprint density at radius 3 is 2.37 bits per heavy atom. The molecule has 1 heterocycles. The summed E-state index contributed by atoms with van der Waals surface area (Å²) in [6, 6.07) is 5.63. The van der Waals surface area contributed by atoms with Crippen LogP contribution in [0.1, 0.15) is 63.4 Å². The zero-order chi connectivity index (χ0) is 20.2. The minimum atomic E-state index is -0.469. The topological polar surface area (TPSA) is 55.8 Å². The molecule has 150 valence electrons. The number of ether oxygens (including phenoxy) is 2. The summed E-state index contributed by atoms with van der Waals surface area (Å²) in [7, 11) is 0. The summed E-state index contributed by atoms with van der Waals surface area (Å²) in [5.74, 6) is -0.304. The van der Waals surface area contributed by atoms with Gasteiger partial charge >= 0.3 is 12.1 Å². The number of amides is 1. The highest BCUT2D eigenvalue weighted by Crippen LogP contribution is 2.37. The van der Waals surface area contributed by atoms with Crippen molar-refractivity contribution in [1.29, 1.82) is 0 Å². The molecule has 1 saturated heterocycles. The van der Waals surface area contributed by atoms with E-state index < -0.39 is 5.60 Å². The van der Waals surface area contributed by atoms with E-state index in [4.69, 9.17) is 9.47 Å². The lowest BCUT2D eigenvalue weighted by Gasteiger charge is -2.40. The van der Waals surface area contributed by atoms with Crippen LogP contribution in [-0.4, -0.2) is 42.3 Å². The molecule has 0 saturated carbocycles. The van der Waals surface area contributed by atoms with Gasteiger partial charge < -0.3 is 14.4 Å². The van der Waals surface area contributed by atoms with Gasteiger partial charge in [-0.3, -0.25) is 0 Å². The zero-order valence-electron chi connectivity index (χ0n) is 16.9. The number of rotatable bonds is 4. The van der Waals surface area contributed by atoms with Crippen LogP contribution in [0.4, 0.5) is 4.79 Å². The lowest BCUT2D eigenvalue weighted by atomic mass is 9.75. The first-order valence-electron chi connectivity index (χ1n) is 9.46. The molecule has 1 aromatic carbocycles. The Hall–Kier alpha value is -1.56. The van der Waals surface area contributed by atoms with Crippen molar-refractivity contribution in [1.82, 2.24) is 4.90 Å². The standard InChI is InChI=1S/C21H30BrNO4/c1-6-26-18(24)15-7-8-16(17(22)13-15)14-21(5)9-11-23(12-10-21)19(25)27-20(2,3)4/h7-8,13H,6,9-12,14H2,1-5H3. The molecule has 1 aliphatic rings. The molecule has 1 amide bonds. The predicted molar refractivity (Wildman–Crippen MR) is 109 cm³/mol. The monoisotopic (exact) mass is 439 g/mol. The Kier molecular flexibility index (Phi) is 6.95. The van der Waals surface area contributed by atoms with E-state index in [0.717, 1.165) is 29.3 Å². The highest BCUT2D eigenvalue weighted by Gasteiger charge is 2.34. The Balaban J connectivity index is 1.98. The van der Waals surface area contributed by atoms with E-state index in [-0.39, 0.29) is 17.5 Å². The number of halogens is 1. The normalized spacial score (nSPS) is 16.7. The molecule has 0 bridgehead atoms. The van der Waals surface area contributed by atoms with E-state index >= 15 is 0 Å². The maximum Gasteiger partial charge on any atom is 0.410 e. The van der Waals surface area contributed by atoms with Crippen molar-refractivity contribution < 1.29 is 19.1 Å². The zero-order valence-corrected chi connectivity index (χ0v) is 18.5. The molecule has 5 nitrogen and oxygen atoms in total. The summed E-state index contributed by atoms with van der Waals surface area (Å²) in [5, 5.41) is 0. The van der Waals surface area contributed by atoms with Crippen molar-refractivity contribution in [3.8, 4) is 0 Å². The van der Waals surface area contributed by atoms with Gasteiger partial charge in [-0.15, -0.1) is 0 Å². The molecule has 0 radical (unpaired) electrons. The fourth-order valence-corrected chi connectivity index (χ4v) is 3.74. The quantitative estimate of drug-likeness (QED) is 0.604. The molecule has 6 heteroatoms. The molecule has 0 spiro atoms. The molecule has 0 aliphatic carbocycles. The van der Waals surface area contributed by atoms with Gasteiger partial charge in [-0.05, 0) is 70.1 Å². The third-order valence-electron chi connectivity index (χ3n) is 4.80. The molecule has 2 rings (SSSR count). The lowest BCUT2D eigenvalue weighted by Crippen LogP contribution is -2.45. The summed E-state index contributed by atoms with van der Waals surface area (Å²) >= 11 is 3.59. The molecule has 1 aromatic rings. The number of esters is 1. The second-order valence-electron chi connectivity index (χ2n) is 8.48. The summed E-state index contributed by atoms with van der Waals surface area (Å²) in [5.41, 5.74) is 1.35. The number of benzene rings is 1. The van der Waals surface area contributed by atoms with Crippen molar-refractivity contribution in [3.05, 3.63) is 33.8 Å². The minimum absolute atomic E-state index is 0.104. The van der Waals surface area contributed by atoms with Gasteiger partial charge in [0, 0.05) is 17.6 Å². The first-order valence-corrected chi connectivity index (χ1v) is 10.3. The third kappa shape index (κ3) is 6.23. The van der Waals surface area contributed by atoms with Gasteiger partial charge in [0.1, 0.15) is 5.60 Å². The van der Waals surface area contributed by atoms with Crippen LogP contribution in [-0.2, 0) is 15.9 Å². The van der Waals surface area contributed by atoms with Crippen LogP contribution in [0.2, 0.25) is 0 Å². The van der Waals surface area contributed by atoms with E-state index in [0.29, 0.717) is 25.3 Å². The van der Waals surface area contributed by atoms with Crippen molar-refractivity contribution in [3.63, 3.8) is 0 Å². The molecular weight excluding hydrogens is 410 g/mol. The van der Waals surface area contributed by atoms with Crippen LogP contribution >= 0.6 is 15.9 Å². The van der Waals surface area contributed by atoms with Gasteiger partial charge in [-0.2, -0.15) is 0 Å². The van der Waals surface area contributed by atoms with Gasteiger partial charge in [0.05, 0.1) is 12.2 Å². The Labute approximate surface area is 170 Å². The van der Waals surface area contributed by atoms with Gasteiger partial charge in [0.2, 0.25) is 0 Å². The third-order valence-corrected chi connectivity index (χ3v) is 5.54. The average molecular weight is 440 g/mol. The second-order valence-corrected chi connectivity index (χ2v) is 9.34. The van der Waals surface area contributed by atoms with Crippen molar-refractivity contribution in [2.75, 3.05) is 19.7 Å². The fraction of sp³-hybridized carbons (Fsp3) is 0.619. The van der Waals surface area contributed by atoms with Gasteiger partial charge in [-0.1, -0.05) is 28.9 Å². The minimum Gasteiger partial charge on any atom is -0.462 e. The Morgan fingerprint density at radius 1 is 1.22 bits per heavy atom. The summed E-state index contributed by atoms with van der Waals surface area (Å²) in [4.78, 5) is 25.9. The molecule has 0 N–H and O–H groups in total. The molecule has 27 heavy (non-hydrogen) atoms. The molecule has 0 unspecified atom stereocenters. The number of nitrogens with zero attached hydrogens (tertiary/aromatic N) is 1.